The van der Waals surface area contributed by atoms with E-state index in [9.17, 15) is 18.8 Å². The van der Waals surface area contributed by atoms with Crippen molar-refractivity contribution in [2.75, 3.05) is 6.54 Å². The zero-order valence-corrected chi connectivity index (χ0v) is 16.7. The Morgan fingerprint density at radius 3 is 2.59 bits per heavy atom. The van der Waals surface area contributed by atoms with E-state index in [1.54, 1.807) is 33.8 Å². The van der Waals surface area contributed by atoms with E-state index in [-0.39, 0.29) is 30.2 Å². The summed E-state index contributed by atoms with van der Waals surface area (Å²) in [6.07, 6.45) is 0.0451. The molecule has 0 radical (unpaired) electrons. The number of hydrogen-bond acceptors (Lipinski definition) is 5. The summed E-state index contributed by atoms with van der Waals surface area (Å²) in [7, 11) is 0. The summed E-state index contributed by atoms with van der Waals surface area (Å²) in [4.78, 5) is 37.8. The highest BCUT2D eigenvalue weighted by Crippen LogP contribution is 2.32. The number of primary amides is 1. The fourth-order valence-electron chi connectivity index (χ4n) is 3.26. The molecule has 2 amide bonds. The lowest BCUT2D eigenvalue weighted by Crippen LogP contribution is -2.44. The molecule has 2 N–H and O–H groups in total. The number of nitrogens with zero attached hydrogens (tertiary/aromatic N) is 3. The van der Waals surface area contributed by atoms with Gasteiger partial charge >= 0.3 is 6.09 Å². The predicted octanol–water partition coefficient (Wildman–Crippen LogP) is 2.59. The van der Waals surface area contributed by atoms with E-state index < -0.39 is 23.6 Å². The average Bonchev–Trinajstić information content (AvgIpc) is 3.01. The van der Waals surface area contributed by atoms with Gasteiger partial charge in [0.1, 0.15) is 29.4 Å². The van der Waals surface area contributed by atoms with Crippen molar-refractivity contribution in [1.82, 2.24) is 14.7 Å². The minimum atomic E-state index is -0.806. The largest absolute Gasteiger partial charge is 0.444 e. The Labute approximate surface area is 167 Å². The van der Waals surface area contributed by atoms with Crippen LogP contribution < -0.4 is 5.73 Å². The van der Waals surface area contributed by atoms with E-state index in [0.29, 0.717) is 23.1 Å². The molecule has 0 spiro atoms. The van der Waals surface area contributed by atoms with Crippen molar-refractivity contribution in [1.29, 1.82) is 0 Å². The smallest absolute Gasteiger partial charge is 0.410 e. The Hall–Kier alpha value is -3.23. The fraction of sp³-hybridized carbons (Fsp3) is 0.400. The summed E-state index contributed by atoms with van der Waals surface area (Å²) < 4.78 is 20.5. The molecule has 0 fully saturated rings. The fourth-order valence-corrected chi connectivity index (χ4v) is 3.26. The molecule has 8 nitrogen and oxygen atoms in total. The molecular formula is C20H23FN4O4. The van der Waals surface area contributed by atoms with Gasteiger partial charge in [0.2, 0.25) is 0 Å². The second-order valence-electron chi connectivity index (χ2n) is 8.01. The summed E-state index contributed by atoms with van der Waals surface area (Å²) in [5, 5.41) is 4.42. The van der Waals surface area contributed by atoms with Gasteiger partial charge in [-0.3, -0.25) is 14.4 Å². The molecule has 0 saturated heterocycles. The lowest BCUT2D eigenvalue weighted by molar-refractivity contribution is -0.111. The maximum absolute atomic E-state index is 13.7. The van der Waals surface area contributed by atoms with Crippen molar-refractivity contribution in [2.45, 2.75) is 45.9 Å². The minimum Gasteiger partial charge on any atom is -0.444 e. The maximum atomic E-state index is 13.7. The number of halogens is 1. The van der Waals surface area contributed by atoms with Crippen LogP contribution in [0, 0.1) is 12.7 Å². The number of aryl methyl sites for hydroxylation is 1. The second-order valence-corrected chi connectivity index (χ2v) is 8.01. The number of ether oxygens (including phenoxy) is 1. The zero-order valence-electron chi connectivity index (χ0n) is 16.7. The molecule has 2 aromatic rings. The molecule has 29 heavy (non-hydrogen) atoms. The average molecular weight is 402 g/mol. The summed E-state index contributed by atoms with van der Waals surface area (Å²) in [6, 6.07) is 3.51. The molecule has 0 saturated carbocycles. The van der Waals surface area contributed by atoms with Crippen LogP contribution in [0.15, 0.2) is 18.2 Å². The molecule has 1 aliphatic rings. The number of aldehydes is 1. The molecule has 154 valence electrons. The molecule has 1 atom stereocenters. The predicted molar refractivity (Wildman–Crippen MR) is 103 cm³/mol. The first-order chi connectivity index (χ1) is 13.5. The molecular weight excluding hydrogens is 379 g/mol. The molecule has 1 aliphatic heterocycles. The third-order valence-corrected chi connectivity index (χ3v) is 4.56. The van der Waals surface area contributed by atoms with E-state index >= 15 is 0 Å². The Balaban J connectivity index is 2.10. The summed E-state index contributed by atoms with van der Waals surface area (Å²) in [5.41, 5.74) is 6.44. The van der Waals surface area contributed by atoms with E-state index in [4.69, 9.17) is 10.5 Å². The van der Waals surface area contributed by atoms with Gasteiger partial charge in [-0.25, -0.2) is 9.18 Å². The molecule has 0 bridgehead atoms. The van der Waals surface area contributed by atoms with Gasteiger partial charge in [0.05, 0.1) is 24.3 Å². The number of hydrogen-bond donors (Lipinski definition) is 1. The van der Waals surface area contributed by atoms with Gasteiger partial charge < -0.3 is 15.3 Å². The Morgan fingerprint density at radius 1 is 1.34 bits per heavy atom. The minimum absolute atomic E-state index is 0.00467. The van der Waals surface area contributed by atoms with Gasteiger partial charge in [0.25, 0.3) is 5.91 Å². The molecule has 3 rings (SSSR count). The van der Waals surface area contributed by atoms with Crippen LogP contribution in [0.3, 0.4) is 0 Å². The van der Waals surface area contributed by atoms with Gasteiger partial charge in [-0.05, 0) is 51.5 Å². The molecule has 9 heteroatoms. The first kappa shape index (κ1) is 20.5. The second kappa shape index (κ2) is 7.31. The summed E-state index contributed by atoms with van der Waals surface area (Å²) in [5.74, 6) is -1.14. The third kappa shape index (κ3) is 3.98. The van der Waals surface area contributed by atoms with Crippen molar-refractivity contribution in [3.05, 3.63) is 40.8 Å². The van der Waals surface area contributed by atoms with Crippen LogP contribution >= 0.6 is 0 Å². The highest BCUT2D eigenvalue weighted by Gasteiger charge is 2.36. The van der Waals surface area contributed by atoms with Crippen LogP contribution in [0.25, 0.3) is 11.3 Å². The van der Waals surface area contributed by atoms with Gasteiger partial charge in [0, 0.05) is 5.56 Å². The highest BCUT2D eigenvalue weighted by molar-refractivity contribution is 6.00. The van der Waals surface area contributed by atoms with Crippen LogP contribution in [-0.2, 0) is 16.1 Å². The zero-order chi connectivity index (χ0) is 21.5. The molecule has 1 unspecified atom stereocenters. The third-order valence-electron chi connectivity index (χ3n) is 4.56. The van der Waals surface area contributed by atoms with Gasteiger partial charge in [-0.1, -0.05) is 0 Å². The topological polar surface area (TPSA) is 108 Å². The molecule has 2 heterocycles. The van der Waals surface area contributed by atoms with E-state index in [2.05, 4.69) is 5.10 Å². The Kier molecular flexibility index (Phi) is 5.16. The summed E-state index contributed by atoms with van der Waals surface area (Å²) >= 11 is 0. The lowest BCUT2D eigenvalue weighted by Gasteiger charge is -2.33. The monoisotopic (exact) mass is 402 g/mol. The number of benzene rings is 1. The maximum Gasteiger partial charge on any atom is 0.410 e. The van der Waals surface area contributed by atoms with Gasteiger partial charge in [-0.2, -0.15) is 5.10 Å². The van der Waals surface area contributed by atoms with Crippen LogP contribution in [-0.4, -0.2) is 45.1 Å². The standard InChI is InChI=1S/C20H23FN4O4/c1-11-7-12(5-6-14(11)21)17-16(18(22)27)15-9-24(19(28)29-20(2,3)4)8-13(10-26)25(15)23-17/h5-7,10,13H,8-9H2,1-4H3,(H2,22,27). The quantitative estimate of drug-likeness (QED) is 0.794. The van der Waals surface area contributed by atoms with E-state index in [0.717, 1.165) is 0 Å². The first-order valence-corrected chi connectivity index (χ1v) is 9.12. The van der Waals surface area contributed by atoms with Crippen molar-refractivity contribution < 1.29 is 23.5 Å². The number of amides is 2. The highest BCUT2D eigenvalue weighted by atomic mass is 19.1. The molecule has 0 aliphatic carbocycles. The first-order valence-electron chi connectivity index (χ1n) is 9.12. The number of fused-ring (bicyclic) bond motifs is 1. The van der Waals surface area contributed by atoms with Crippen molar-refractivity contribution in [2.24, 2.45) is 5.73 Å². The van der Waals surface area contributed by atoms with E-state index in [1.807, 2.05) is 0 Å². The number of carbonyl (C=O) groups is 3. The number of rotatable bonds is 3. The van der Waals surface area contributed by atoms with Crippen LogP contribution in [0.5, 0.6) is 0 Å². The normalized spacial score (nSPS) is 16.3. The van der Waals surface area contributed by atoms with Crippen molar-refractivity contribution >= 4 is 18.3 Å². The van der Waals surface area contributed by atoms with Gasteiger partial charge in [-0.15, -0.1) is 0 Å². The van der Waals surface area contributed by atoms with Crippen LogP contribution in [0.4, 0.5) is 9.18 Å². The number of aromatic nitrogens is 2. The van der Waals surface area contributed by atoms with Crippen molar-refractivity contribution in [3.8, 4) is 11.3 Å². The van der Waals surface area contributed by atoms with Crippen LogP contribution in [0.2, 0.25) is 0 Å². The van der Waals surface area contributed by atoms with E-state index in [1.165, 1.54) is 21.7 Å². The number of carbonyl (C=O) groups excluding carboxylic acids is 3. The Bertz CT molecular complexity index is 993. The lowest BCUT2D eigenvalue weighted by atomic mass is 10.0. The van der Waals surface area contributed by atoms with Gasteiger partial charge in [0.15, 0.2) is 0 Å². The van der Waals surface area contributed by atoms with Crippen molar-refractivity contribution in [3.63, 3.8) is 0 Å². The SMILES string of the molecule is Cc1cc(-c2nn3c(c2C(N)=O)CN(C(=O)OC(C)(C)C)CC3C=O)ccc1F. The molecule has 1 aromatic carbocycles. The Morgan fingerprint density at radius 2 is 2.03 bits per heavy atom. The number of nitrogens with two attached hydrogens (primary N) is 1. The van der Waals surface area contributed by atoms with Crippen LogP contribution in [0.1, 0.15) is 48.4 Å². The molecule has 1 aromatic heterocycles. The summed E-state index contributed by atoms with van der Waals surface area (Å²) in [6.45, 7) is 6.86.